The van der Waals surface area contributed by atoms with Crippen LogP contribution < -0.4 is 16.0 Å². The van der Waals surface area contributed by atoms with Gasteiger partial charge in [0.2, 0.25) is 11.8 Å². The van der Waals surface area contributed by atoms with E-state index < -0.39 is 65.9 Å². The smallest absolute Gasteiger partial charge is 0.444 e. The van der Waals surface area contributed by atoms with E-state index >= 15 is 0 Å². The fourth-order valence-corrected chi connectivity index (χ4v) is 10.8. The number of hydrogen-bond acceptors (Lipinski definition) is 10. The summed E-state index contributed by atoms with van der Waals surface area (Å²) >= 11 is 0. The van der Waals surface area contributed by atoms with Crippen molar-refractivity contribution in [1.29, 1.82) is 0 Å². The molecule has 0 radical (unpaired) electrons. The molecule has 3 aliphatic carbocycles. The fraction of sp³-hybridized carbons (Fsp3) is 0.667. The molecule has 2 aromatic rings. The van der Waals surface area contributed by atoms with Crippen molar-refractivity contribution in [3.05, 3.63) is 59.7 Å². The SMILES string of the molecule is CCCCC[C@H](NC(=O)[C@H](C)CC(=O)[C@H](CCC(C)=O)NC(=O)[C@H](CCNC(=O)OC(C)(C)C)CC(=O)c1ccc(-c2ccc(CCCC)cc2)cc1)C(=O)C[C@@H](C)B1OC2C[C@@H]3C[C@@H](C3(C)C)[C@]2(C)O1. The number of carbonyl (C=O) groups excluding carboxylic acids is 7. The van der Waals surface area contributed by atoms with Gasteiger partial charge in [-0.2, -0.15) is 0 Å². The number of rotatable bonds is 28. The Kier molecular flexibility index (Phi) is 20.4. The summed E-state index contributed by atoms with van der Waals surface area (Å²) < 4.78 is 18.5. The second-order valence-corrected chi connectivity index (χ2v) is 22.8. The molecule has 390 valence electrons. The molecule has 1 unspecified atom stereocenters. The van der Waals surface area contributed by atoms with E-state index in [4.69, 9.17) is 14.0 Å². The molecule has 0 spiro atoms. The van der Waals surface area contributed by atoms with Crippen molar-refractivity contribution in [3.8, 4) is 11.1 Å². The lowest BCUT2D eigenvalue weighted by atomic mass is 9.43. The first kappa shape index (κ1) is 57.2. The van der Waals surface area contributed by atoms with E-state index in [9.17, 15) is 33.6 Å². The number of carbonyl (C=O) groups is 7. The van der Waals surface area contributed by atoms with Crippen molar-refractivity contribution in [2.24, 2.45) is 29.1 Å². The van der Waals surface area contributed by atoms with Gasteiger partial charge < -0.3 is 34.8 Å². The fourth-order valence-electron chi connectivity index (χ4n) is 10.8. The maximum atomic E-state index is 14.2. The summed E-state index contributed by atoms with van der Waals surface area (Å²) in [6, 6.07) is 13.7. The van der Waals surface area contributed by atoms with Crippen molar-refractivity contribution in [3.63, 3.8) is 0 Å². The average Bonchev–Trinajstić information content (AvgIpc) is 3.68. The number of aryl methyl sites for hydroxylation is 1. The highest BCUT2D eigenvalue weighted by Crippen LogP contribution is 2.66. The van der Waals surface area contributed by atoms with Crippen LogP contribution in [0, 0.1) is 29.1 Å². The monoisotopic (exact) mass is 982 g/mol. The van der Waals surface area contributed by atoms with Crippen molar-refractivity contribution < 1.29 is 47.6 Å². The molecule has 3 N–H and O–H groups in total. The Hall–Kier alpha value is -4.69. The summed E-state index contributed by atoms with van der Waals surface area (Å²) in [6.07, 6.45) is 7.37. The van der Waals surface area contributed by atoms with E-state index in [1.54, 1.807) is 39.8 Å². The molecular formula is C57H84BN3O10. The van der Waals surface area contributed by atoms with Gasteiger partial charge in [0, 0.05) is 49.6 Å². The largest absolute Gasteiger partial charge is 0.461 e. The van der Waals surface area contributed by atoms with Crippen LogP contribution in [0.4, 0.5) is 4.79 Å². The molecular weight excluding hydrogens is 897 g/mol. The lowest BCUT2D eigenvalue weighted by molar-refractivity contribution is -0.199. The zero-order valence-electron chi connectivity index (χ0n) is 44.7. The minimum Gasteiger partial charge on any atom is -0.444 e. The number of hydrogen-bond donors (Lipinski definition) is 3. The number of alkyl carbamates (subject to hydrolysis) is 1. The van der Waals surface area contributed by atoms with Crippen LogP contribution in [-0.2, 0) is 44.4 Å². The number of ketones is 4. The van der Waals surface area contributed by atoms with Gasteiger partial charge in [0.15, 0.2) is 17.3 Å². The van der Waals surface area contributed by atoms with Gasteiger partial charge in [-0.3, -0.25) is 24.0 Å². The number of Topliss-reactive ketones (excluding diaryl/α,β-unsaturated/α-hetero) is 4. The maximum Gasteiger partial charge on any atom is 0.461 e. The zero-order valence-corrected chi connectivity index (χ0v) is 44.7. The van der Waals surface area contributed by atoms with Crippen LogP contribution in [0.25, 0.3) is 11.1 Å². The van der Waals surface area contributed by atoms with Crippen molar-refractivity contribution in [2.45, 2.75) is 208 Å². The van der Waals surface area contributed by atoms with Crippen LogP contribution >= 0.6 is 0 Å². The first-order chi connectivity index (χ1) is 33.4. The Labute approximate surface area is 424 Å². The Balaban J connectivity index is 1.24. The molecule has 1 saturated heterocycles. The molecule has 4 fully saturated rings. The summed E-state index contributed by atoms with van der Waals surface area (Å²) in [4.78, 5) is 94.9. The number of ether oxygens (including phenoxy) is 1. The predicted molar refractivity (Wildman–Crippen MR) is 278 cm³/mol. The Morgan fingerprint density at radius 2 is 1.37 bits per heavy atom. The van der Waals surface area contributed by atoms with Crippen LogP contribution in [0.3, 0.4) is 0 Å². The third-order valence-corrected chi connectivity index (χ3v) is 15.5. The van der Waals surface area contributed by atoms with E-state index in [-0.39, 0.29) is 79.8 Å². The number of benzene rings is 2. The standard InChI is InChI=1S/C57H84BN3O10/c1-12-14-16-18-45(49(65)32-37(4)58-70-51-35-44-34-50(56(44,9)10)57(51,11)71-58)60-52(66)36(3)31-48(64)46(28-19-38(5)62)61-53(67)43(29-30-59-54(68)69-55(6,7)8)33-47(63)42-26-24-41(25-27-42)40-22-20-39(21-23-40)17-15-13-2/h20-27,36-37,43-46,50-51H,12-19,28-35H2,1-11H3,(H,59,68)(H,60,66)(H,61,67)/t36-,37-,43-,44+,45+,46+,50+,51?,57+/m1/s1. The van der Waals surface area contributed by atoms with Gasteiger partial charge in [-0.15, -0.1) is 0 Å². The Morgan fingerprint density at radius 3 is 1.97 bits per heavy atom. The molecule has 4 aliphatic rings. The van der Waals surface area contributed by atoms with Crippen molar-refractivity contribution >= 4 is 48.2 Å². The maximum absolute atomic E-state index is 14.2. The van der Waals surface area contributed by atoms with E-state index in [0.717, 1.165) is 62.5 Å². The molecule has 1 aliphatic heterocycles. The van der Waals surface area contributed by atoms with Gasteiger partial charge in [-0.25, -0.2) is 4.79 Å². The highest BCUT2D eigenvalue weighted by atomic mass is 16.7. The van der Waals surface area contributed by atoms with Gasteiger partial charge >= 0.3 is 13.2 Å². The number of unbranched alkanes of at least 4 members (excludes halogenated alkanes) is 3. The van der Waals surface area contributed by atoms with E-state index in [2.05, 4.69) is 74.8 Å². The quantitative estimate of drug-likeness (QED) is 0.0421. The number of nitrogens with one attached hydrogen (secondary N) is 3. The molecule has 2 aromatic carbocycles. The van der Waals surface area contributed by atoms with Gasteiger partial charge in [0.05, 0.1) is 23.8 Å². The summed E-state index contributed by atoms with van der Waals surface area (Å²) in [5, 5.41) is 8.46. The van der Waals surface area contributed by atoms with Crippen LogP contribution in [0.2, 0.25) is 5.82 Å². The molecule has 9 atom stereocenters. The topological polar surface area (TPSA) is 183 Å². The molecule has 0 aromatic heterocycles. The summed E-state index contributed by atoms with van der Waals surface area (Å²) in [6.45, 7) is 21.2. The molecule has 2 bridgehead atoms. The first-order valence-electron chi connectivity index (χ1n) is 26.6. The second kappa shape index (κ2) is 25.3. The first-order valence-corrected chi connectivity index (χ1v) is 26.6. The highest BCUT2D eigenvalue weighted by molar-refractivity contribution is 6.47. The lowest BCUT2D eigenvalue weighted by Gasteiger charge is -2.64. The lowest BCUT2D eigenvalue weighted by Crippen LogP contribution is -2.65. The van der Waals surface area contributed by atoms with E-state index in [1.165, 1.54) is 12.5 Å². The third-order valence-electron chi connectivity index (χ3n) is 15.5. The van der Waals surface area contributed by atoms with Crippen molar-refractivity contribution in [2.75, 3.05) is 6.54 Å². The molecule has 14 heteroatoms. The minimum atomic E-state index is -1.14. The molecule has 6 rings (SSSR count). The van der Waals surface area contributed by atoms with Gasteiger partial charge in [-0.1, -0.05) is 116 Å². The van der Waals surface area contributed by atoms with Crippen LogP contribution in [0.5, 0.6) is 0 Å². The molecule has 13 nitrogen and oxygen atoms in total. The molecule has 3 saturated carbocycles. The van der Waals surface area contributed by atoms with Gasteiger partial charge in [0.1, 0.15) is 11.4 Å². The Morgan fingerprint density at radius 1 is 0.761 bits per heavy atom. The number of amides is 3. The van der Waals surface area contributed by atoms with Gasteiger partial charge in [0.25, 0.3) is 0 Å². The molecule has 71 heavy (non-hydrogen) atoms. The summed E-state index contributed by atoms with van der Waals surface area (Å²) in [7, 11) is -0.524. The highest BCUT2D eigenvalue weighted by Gasteiger charge is 2.68. The minimum absolute atomic E-state index is 0.00557. The van der Waals surface area contributed by atoms with Crippen LogP contribution in [0.15, 0.2) is 48.5 Å². The zero-order chi connectivity index (χ0) is 52.3. The van der Waals surface area contributed by atoms with Crippen molar-refractivity contribution in [1.82, 2.24) is 16.0 Å². The van der Waals surface area contributed by atoms with Gasteiger partial charge in [-0.05, 0) is 119 Å². The predicted octanol–water partition coefficient (Wildman–Crippen LogP) is 10.4. The summed E-state index contributed by atoms with van der Waals surface area (Å²) in [5.74, 6) is -3.19. The normalized spacial score (nSPS) is 22.1. The van der Waals surface area contributed by atoms with Crippen LogP contribution in [0.1, 0.15) is 182 Å². The van der Waals surface area contributed by atoms with E-state index in [0.29, 0.717) is 23.8 Å². The summed E-state index contributed by atoms with van der Waals surface area (Å²) in [5.41, 5.74) is 2.68. The molecule has 1 heterocycles. The van der Waals surface area contributed by atoms with Crippen LogP contribution in [-0.4, -0.2) is 84.1 Å². The molecule has 3 amide bonds. The third kappa shape index (κ3) is 15.7. The van der Waals surface area contributed by atoms with E-state index in [1.807, 2.05) is 19.1 Å². The second-order valence-electron chi connectivity index (χ2n) is 22.8. The Bertz CT molecular complexity index is 2170. The average molecular weight is 982 g/mol.